The SMILES string of the molecule is Cc1cc(-c2noc(C(C)N3CCOC4(CCOCC4)CC3)n2)ccc1F. The molecule has 2 saturated heterocycles. The first-order valence-electron chi connectivity index (χ1n) is 9.62. The molecule has 1 aromatic heterocycles. The quantitative estimate of drug-likeness (QED) is 0.818. The van der Waals surface area contributed by atoms with Crippen LogP contribution in [-0.4, -0.2) is 53.6 Å². The fourth-order valence-corrected chi connectivity index (χ4v) is 3.90. The summed E-state index contributed by atoms with van der Waals surface area (Å²) < 4.78 is 30.7. The Hall–Kier alpha value is -1.83. The lowest BCUT2D eigenvalue weighted by atomic mass is 9.90. The van der Waals surface area contributed by atoms with E-state index in [0.717, 1.165) is 51.1 Å². The minimum atomic E-state index is -0.234. The normalized spacial score (nSPS) is 21.9. The molecule has 2 fully saturated rings. The Bertz CT molecular complexity index is 789. The van der Waals surface area contributed by atoms with E-state index in [0.29, 0.717) is 23.9 Å². The van der Waals surface area contributed by atoms with E-state index in [1.165, 1.54) is 6.07 Å². The third kappa shape index (κ3) is 3.90. The van der Waals surface area contributed by atoms with Crippen molar-refractivity contribution in [1.29, 1.82) is 0 Å². The number of nitrogens with zero attached hydrogens (tertiary/aromatic N) is 3. The zero-order valence-electron chi connectivity index (χ0n) is 15.9. The highest BCUT2D eigenvalue weighted by Gasteiger charge is 2.37. The maximum atomic E-state index is 13.5. The van der Waals surface area contributed by atoms with Crippen LogP contribution in [0.2, 0.25) is 0 Å². The number of aromatic nitrogens is 2. The van der Waals surface area contributed by atoms with Crippen LogP contribution in [0.25, 0.3) is 11.4 Å². The van der Waals surface area contributed by atoms with E-state index >= 15 is 0 Å². The molecule has 2 aliphatic heterocycles. The van der Waals surface area contributed by atoms with Crippen LogP contribution >= 0.6 is 0 Å². The van der Waals surface area contributed by atoms with E-state index in [4.69, 9.17) is 14.0 Å². The molecule has 4 rings (SSSR count). The molecular weight excluding hydrogens is 349 g/mol. The largest absolute Gasteiger partial charge is 0.381 e. The molecule has 6 nitrogen and oxygen atoms in total. The van der Waals surface area contributed by atoms with Crippen molar-refractivity contribution >= 4 is 0 Å². The first kappa shape index (κ1) is 18.5. The predicted molar refractivity (Wildman–Crippen MR) is 97.8 cm³/mol. The minimum absolute atomic E-state index is 0.00591. The number of hydrogen-bond donors (Lipinski definition) is 0. The van der Waals surface area contributed by atoms with Gasteiger partial charge in [0.05, 0.1) is 18.2 Å². The molecule has 146 valence electrons. The Morgan fingerprint density at radius 3 is 2.74 bits per heavy atom. The third-order valence-electron chi connectivity index (χ3n) is 5.81. The average molecular weight is 375 g/mol. The highest BCUT2D eigenvalue weighted by molar-refractivity contribution is 5.55. The Balaban J connectivity index is 1.46. The van der Waals surface area contributed by atoms with Gasteiger partial charge in [-0.2, -0.15) is 4.98 Å². The van der Waals surface area contributed by atoms with Crippen LogP contribution in [0.1, 0.15) is 43.7 Å². The summed E-state index contributed by atoms with van der Waals surface area (Å²) in [6, 6.07) is 4.86. The lowest BCUT2D eigenvalue weighted by Crippen LogP contribution is -2.39. The van der Waals surface area contributed by atoms with E-state index in [2.05, 4.69) is 22.0 Å². The molecule has 27 heavy (non-hydrogen) atoms. The second-order valence-electron chi connectivity index (χ2n) is 7.53. The molecule has 1 unspecified atom stereocenters. The minimum Gasteiger partial charge on any atom is -0.381 e. The van der Waals surface area contributed by atoms with E-state index < -0.39 is 0 Å². The number of ether oxygens (including phenoxy) is 2. The molecule has 1 atom stereocenters. The van der Waals surface area contributed by atoms with Crippen LogP contribution in [0, 0.1) is 12.7 Å². The molecule has 3 heterocycles. The Kier molecular flexibility index (Phi) is 5.25. The van der Waals surface area contributed by atoms with E-state index in [1.807, 2.05) is 0 Å². The summed E-state index contributed by atoms with van der Waals surface area (Å²) in [6.45, 7) is 7.81. The van der Waals surface area contributed by atoms with Crippen LogP contribution in [0.5, 0.6) is 0 Å². The second-order valence-corrected chi connectivity index (χ2v) is 7.53. The van der Waals surface area contributed by atoms with Crippen molar-refractivity contribution in [2.24, 2.45) is 0 Å². The van der Waals surface area contributed by atoms with Gasteiger partial charge in [0.1, 0.15) is 5.82 Å². The number of halogens is 1. The zero-order chi connectivity index (χ0) is 18.9. The molecule has 0 radical (unpaired) electrons. The van der Waals surface area contributed by atoms with Gasteiger partial charge >= 0.3 is 0 Å². The van der Waals surface area contributed by atoms with Crippen molar-refractivity contribution in [2.45, 2.75) is 44.8 Å². The summed E-state index contributed by atoms with van der Waals surface area (Å²) in [5.74, 6) is 0.837. The highest BCUT2D eigenvalue weighted by atomic mass is 19.1. The van der Waals surface area contributed by atoms with Crippen LogP contribution < -0.4 is 0 Å². The van der Waals surface area contributed by atoms with Gasteiger partial charge in [-0.25, -0.2) is 4.39 Å². The number of rotatable bonds is 3. The zero-order valence-corrected chi connectivity index (χ0v) is 15.9. The first-order chi connectivity index (χ1) is 13.1. The van der Waals surface area contributed by atoms with E-state index in [-0.39, 0.29) is 17.5 Å². The lowest BCUT2D eigenvalue weighted by molar-refractivity contribution is -0.105. The molecular formula is C20H26FN3O3. The monoisotopic (exact) mass is 375 g/mol. The summed E-state index contributed by atoms with van der Waals surface area (Å²) in [4.78, 5) is 6.89. The van der Waals surface area contributed by atoms with Crippen LogP contribution in [0.3, 0.4) is 0 Å². The van der Waals surface area contributed by atoms with E-state index in [1.54, 1.807) is 19.1 Å². The summed E-state index contributed by atoms with van der Waals surface area (Å²) in [7, 11) is 0. The van der Waals surface area contributed by atoms with Crippen molar-refractivity contribution < 1.29 is 18.4 Å². The van der Waals surface area contributed by atoms with Gasteiger partial charge in [0.25, 0.3) is 0 Å². The van der Waals surface area contributed by atoms with Gasteiger partial charge in [-0.05, 0) is 56.9 Å². The molecule has 0 bridgehead atoms. The fourth-order valence-electron chi connectivity index (χ4n) is 3.90. The van der Waals surface area contributed by atoms with Gasteiger partial charge in [0, 0.05) is 31.9 Å². The molecule has 1 aromatic carbocycles. The summed E-state index contributed by atoms with van der Waals surface area (Å²) in [5.41, 5.74) is 1.29. The van der Waals surface area contributed by atoms with Crippen LogP contribution in [-0.2, 0) is 9.47 Å². The Morgan fingerprint density at radius 2 is 1.96 bits per heavy atom. The van der Waals surface area contributed by atoms with Gasteiger partial charge in [-0.3, -0.25) is 4.90 Å². The van der Waals surface area contributed by atoms with E-state index in [9.17, 15) is 4.39 Å². The molecule has 0 aliphatic carbocycles. The van der Waals surface area contributed by atoms with Gasteiger partial charge in [0.15, 0.2) is 0 Å². The summed E-state index contributed by atoms with van der Waals surface area (Å²) in [5, 5.41) is 4.10. The smallest absolute Gasteiger partial charge is 0.244 e. The number of hydrogen-bond acceptors (Lipinski definition) is 6. The Morgan fingerprint density at radius 1 is 1.15 bits per heavy atom. The molecule has 0 saturated carbocycles. The number of aryl methyl sites for hydroxylation is 1. The van der Waals surface area contributed by atoms with Gasteiger partial charge in [-0.15, -0.1) is 0 Å². The number of benzene rings is 1. The second kappa shape index (κ2) is 7.66. The molecule has 2 aliphatic rings. The van der Waals surface area contributed by atoms with Crippen LogP contribution in [0.15, 0.2) is 22.7 Å². The molecule has 2 aromatic rings. The first-order valence-corrected chi connectivity index (χ1v) is 9.62. The van der Waals surface area contributed by atoms with Crippen molar-refractivity contribution in [3.05, 3.63) is 35.5 Å². The van der Waals surface area contributed by atoms with Crippen molar-refractivity contribution in [3.63, 3.8) is 0 Å². The van der Waals surface area contributed by atoms with Gasteiger partial charge < -0.3 is 14.0 Å². The third-order valence-corrected chi connectivity index (χ3v) is 5.81. The van der Waals surface area contributed by atoms with Gasteiger partial charge in [0.2, 0.25) is 11.7 Å². The molecule has 7 heteroatoms. The van der Waals surface area contributed by atoms with Gasteiger partial charge in [-0.1, -0.05) is 5.16 Å². The standard InChI is InChI=1S/C20H26FN3O3/c1-14-13-16(3-4-17(14)21)18-22-19(27-23-18)15(2)24-8-5-20(26-12-9-24)6-10-25-11-7-20/h3-4,13,15H,5-12H2,1-2H3. The van der Waals surface area contributed by atoms with Crippen molar-refractivity contribution in [1.82, 2.24) is 15.0 Å². The predicted octanol–water partition coefficient (Wildman–Crippen LogP) is 3.52. The molecule has 1 spiro atoms. The molecule has 0 amide bonds. The van der Waals surface area contributed by atoms with Crippen molar-refractivity contribution in [3.8, 4) is 11.4 Å². The molecule has 0 N–H and O–H groups in total. The highest BCUT2D eigenvalue weighted by Crippen LogP contribution is 2.33. The summed E-state index contributed by atoms with van der Waals surface area (Å²) in [6.07, 6.45) is 2.91. The average Bonchev–Trinajstić information content (AvgIpc) is 3.09. The van der Waals surface area contributed by atoms with Crippen molar-refractivity contribution in [2.75, 3.05) is 32.9 Å². The topological polar surface area (TPSA) is 60.6 Å². The fraction of sp³-hybridized carbons (Fsp3) is 0.600. The lowest BCUT2D eigenvalue weighted by Gasteiger charge is -2.36. The maximum Gasteiger partial charge on any atom is 0.244 e. The van der Waals surface area contributed by atoms with Crippen LogP contribution in [0.4, 0.5) is 4.39 Å². The Labute approximate surface area is 158 Å². The maximum absolute atomic E-state index is 13.5. The summed E-state index contributed by atoms with van der Waals surface area (Å²) >= 11 is 0.